The third kappa shape index (κ3) is 3.17. The van der Waals surface area contributed by atoms with E-state index in [9.17, 15) is 4.79 Å². The second kappa shape index (κ2) is 6.05. The van der Waals surface area contributed by atoms with Crippen LogP contribution in [0.5, 0.6) is 0 Å². The third-order valence-corrected chi connectivity index (χ3v) is 4.43. The number of hydrogen-bond donors (Lipinski definition) is 1. The summed E-state index contributed by atoms with van der Waals surface area (Å²) >= 11 is 6.78. The molecular formula is C13H14Br2N2O2. The molecule has 1 unspecified atom stereocenters. The summed E-state index contributed by atoms with van der Waals surface area (Å²) in [6.45, 7) is 3.14. The van der Waals surface area contributed by atoms with Crippen molar-refractivity contribution in [3.8, 4) is 0 Å². The lowest BCUT2D eigenvalue weighted by Crippen LogP contribution is -2.43. The Morgan fingerprint density at radius 1 is 1.47 bits per heavy atom. The highest BCUT2D eigenvalue weighted by Gasteiger charge is 2.27. The molecule has 0 saturated carbocycles. The fraction of sp³-hybridized carbons (Fsp3) is 0.385. The van der Waals surface area contributed by atoms with Crippen LogP contribution in [0, 0.1) is 5.92 Å². The maximum atomic E-state index is 12.5. The Labute approximate surface area is 128 Å². The molecule has 2 rings (SSSR count). The highest BCUT2D eigenvalue weighted by atomic mass is 79.9. The van der Waals surface area contributed by atoms with Gasteiger partial charge in [0.1, 0.15) is 0 Å². The quantitative estimate of drug-likeness (QED) is 0.590. The number of carbonyl (C=O) groups is 1. The lowest BCUT2D eigenvalue weighted by molar-refractivity contribution is 0.0733. The Bertz CT molecular complexity index is 531. The SMILES string of the molecule is CC1CN(C(=O)c2ccc(Br)cc2Br)CC/C1=N\O. The number of oxime groups is 1. The Kier molecular flexibility index (Phi) is 4.62. The summed E-state index contributed by atoms with van der Waals surface area (Å²) in [4.78, 5) is 14.2. The summed E-state index contributed by atoms with van der Waals surface area (Å²) in [6, 6.07) is 5.52. The Morgan fingerprint density at radius 2 is 2.21 bits per heavy atom. The van der Waals surface area contributed by atoms with E-state index in [4.69, 9.17) is 5.21 Å². The molecule has 1 heterocycles. The highest BCUT2D eigenvalue weighted by Crippen LogP contribution is 2.25. The third-order valence-electron chi connectivity index (χ3n) is 3.28. The molecule has 4 nitrogen and oxygen atoms in total. The molecule has 1 aliphatic rings. The van der Waals surface area contributed by atoms with Crippen LogP contribution in [-0.4, -0.2) is 34.8 Å². The Morgan fingerprint density at radius 3 is 2.79 bits per heavy atom. The van der Waals surface area contributed by atoms with Crippen LogP contribution < -0.4 is 0 Å². The molecule has 1 N–H and O–H groups in total. The minimum Gasteiger partial charge on any atom is -0.411 e. The van der Waals surface area contributed by atoms with Gasteiger partial charge in [0, 0.05) is 34.4 Å². The van der Waals surface area contributed by atoms with Crippen LogP contribution >= 0.6 is 31.9 Å². The molecule has 1 aliphatic heterocycles. The molecule has 1 amide bonds. The normalized spacial score (nSPS) is 21.7. The van der Waals surface area contributed by atoms with Gasteiger partial charge in [-0.2, -0.15) is 0 Å². The molecule has 1 saturated heterocycles. The summed E-state index contributed by atoms with van der Waals surface area (Å²) in [5.74, 6) is 0.0974. The first kappa shape index (κ1) is 14.5. The molecule has 0 aliphatic carbocycles. The van der Waals surface area contributed by atoms with Crippen LogP contribution in [0.4, 0.5) is 0 Å². The maximum absolute atomic E-state index is 12.5. The molecule has 1 fully saturated rings. The van der Waals surface area contributed by atoms with Crippen molar-refractivity contribution >= 4 is 43.5 Å². The van der Waals surface area contributed by atoms with Gasteiger partial charge in [-0.25, -0.2) is 0 Å². The summed E-state index contributed by atoms with van der Waals surface area (Å²) in [5.41, 5.74) is 1.42. The van der Waals surface area contributed by atoms with Crippen molar-refractivity contribution < 1.29 is 10.0 Å². The molecule has 1 aromatic carbocycles. The molecule has 1 aromatic rings. The van der Waals surface area contributed by atoms with E-state index in [-0.39, 0.29) is 11.8 Å². The van der Waals surface area contributed by atoms with Crippen LogP contribution in [-0.2, 0) is 0 Å². The van der Waals surface area contributed by atoms with Crippen molar-refractivity contribution in [2.24, 2.45) is 11.1 Å². The zero-order chi connectivity index (χ0) is 14.0. The first-order valence-electron chi connectivity index (χ1n) is 5.98. The van der Waals surface area contributed by atoms with Crippen molar-refractivity contribution in [3.05, 3.63) is 32.7 Å². The Hall–Kier alpha value is -0.880. The van der Waals surface area contributed by atoms with Gasteiger partial charge in [-0.3, -0.25) is 4.79 Å². The summed E-state index contributed by atoms with van der Waals surface area (Å²) < 4.78 is 1.71. The van der Waals surface area contributed by atoms with Crippen molar-refractivity contribution in [1.82, 2.24) is 4.90 Å². The summed E-state index contributed by atoms with van der Waals surface area (Å²) in [7, 11) is 0. The molecule has 6 heteroatoms. The Balaban J connectivity index is 2.17. The van der Waals surface area contributed by atoms with E-state index < -0.39 is 0 Å². The van der Waals surface area contributed by atoms with Crippen LogP contribution in [0.15, 0.2) is 32.3 Å². The second-order valence-electron chi connectivity index (χ2n) is 4.62. The number of amides is 1. The number of hydrogen-bond acceptors (Lipinski definition) is 3. The predicted molar refractivity (Wildman–Crippen MR) is 80.7 cm³/mol. The molecule has 0 spiro atoms. The van der Waals surface area contributed by atoms with Gasteiger partial charge in [0.25, 0.3) is 5.91 Å². The monoisotopic (exact) mass is 388 g/mol. The number of rotatable bonds is 1. The molecule has 19 heavy (non-hydrogen) atoms. The van der Waals surface area contributed by atoms with Gasteiger partial charge in [-0.1, -0.05) is 28.0 Å². The van der Waals surface area contributed by atoms with E-state index in [2.05, 4.69) is 37.0 Å². The summed E-state index contributed by atoms with van der Waals surface area (Å²) in [5, 5.41) is 12.1. The fourth-order valence-electron chi connectivity index (χ4n) is 2.19. The second-order valence-corrected chi connectivity index (χ2v) is 6.39. The largest absolute Gasteiger partial charge is 0.411 e. The molecule has 0 aromatic heterocycles. The average molecular weight is 390 g/mol. The molecular weight excluding hydrogens is 376 g/mol. The number of nitrogens with zero attached hydrogens (tertiary/aromatic N) is 2. The predicted octanol–water partition coefficient (Wildman–Crippen LogP) is 3.52. The zero-order valence-electron chi connectivity index (χ0n) is 10.4. The van der Waals surface area contributed by atoms with Crippen LogP contribution in [0.25, 0.3) is 0 Å². The van der Waals surface area contributed by atoms with E-state index in [0.717, 1.165) is 14.7 Å². The fourth-order valence-corrected chi connectivity index (χ4v) is 3.41. The molecule has 0 radical (unpaired) electrons. The topological polar surface area (TPSA) is 52.9 Å². The van der Waals surface area contributed by atoms with Crippen LogP contribution in [0.2, 0.25) is 0 Å². The van der Waals surface area contributed by atoms with E-state index in [1.54, 1.807) is 11.0 Å². The standard InChI is InChI=1S/C13H14Br2N2O2/c1-8-7-17(5-4-12(8)16-19)13(18)10-3-2-9(14)6-11(10)15/h2-3,6,8,19H,4-5,7H2,1H3/b16-12+. The van der Waals surface area contributed by atoms with Gasteiger partial charge in [0.15, 0.2) is 0 Å². The maximum Gasteiger partial charge on any atom is 0.255 e. The van der Waals surface area contributed by atoms with Gasteiger partial charge in [-0.05, 0) is 34.1 Å². The van der Waals surface area contributed by atoms with E-state index >= 15 is 0 Å². The van der Waals surface area contributed by atoms with Crippen LogP contribution in [0.1, 0.15) is 23.7 Å². The number of carbonyl (C=O) groups excluding carboxylic acids is 1. The molecule has 1 atom stereocenters. The zero-order valence-corrected chi connectivity index (χ0v) is 13.6. The van der Waals surface area contributed by atoms with Gasteiger partial charge in [0.05, 0.1) is 11.3 Å². The van der Waals surface area contributed by atoms with Gasteiger partial charge >= 0.3 is 0 Å². The lowest BCUT2D eigenvalue weighted by Gasteiger charge is -2.31. The van der Waals surface area contributed by atoms with Crippen molar-refractivity contribution in [1.29, 1.82) is 0 Å². The first-order valence-corrected chi connectivity index (χ1v) is 7.56. The highest BCUT2D eigenvalue weighted by molar-refractivity contribution is 9.11. The number of halogens is 2. The summed E-state index contributed by atoms with van der Waals surface area (Å²) in [6.07, 6.45) is 0.623. The van der Waals surface area contributed by atoms with Gasteiger partial charge < -0.3 is 10.1 Å². The minimum absolute atomic E-state index is 0.00298. The molecule has 0 bridgehead atoms. The van der Waals surface area contributed by atoms with Crippen molar-refractivity contribution in [3.63, 3.8) is 0 Å². The number of piperidine rings is 1. The molecule has 102 valence electrons. The van der Waals surface area contributed by atoms with Crippen LogP contribution in [0.3, 0.4) is 0 Å². The van der Waals surface area contributed by atoms with Gasteiger partial charge in [-0.15, -0.1) is 0 Å². The van der Waals surface area contributed by atoms with Gasteiger partial charge in [0.2, 0.25) is 0 Å². The van der Waals surface area contributed by atoms with Crippen molar-refractivity contribution in [2.45, 2.75) is 13.3 Å². The smallest absolute Gasteiger partial charge is 0.255 e. The van der Waals surface area contributed by atoms with Crippen molar-refractivity contribution in [2.75, 3.05) is 13.1 Å². The minimum atomic E-state index is 0.00298. The van der Waals surface area contributed by atoms with E-state index in [1.807, 2.05) is 19.1 Å². The van der Waals surface area contributed by atoms with E-state index in [1.165, 1.54) is 0 Å². The first-order chi connectivity index (χ1) is 9.02. The lowest BCUT2D eigenvalue weighted by atomic mass is 9.97. The number of likely N-dealkylation sites (tertiary alicyclic amines) is 1. The number of benzene rings is 1. The van der Waals surface area contributed by atoms with E-state index in [0.29, 0.717) is 25.1 Å². The average Bonchev–Trinajstić information content (AvgIpc) is 2.38.